The molecule has 0 spiro atoms. The van der Waals surface area contributed by atoms with Gasteiger partial charge in [0.1, 0.15) is 0 Å². The van der Waals surface area contributed by atoms with E-state index in [1.54, 1.807) is 0 Å². The smallest absolute Gasteiger partial charge is 0.00472 e. The van der Waals surface area contributed by atoms with Crippen molar-refractivity contribution in [2.45, 2.75) is 52.9 Å². The van der Waals surface area contributed by atoms with E-state index in [9.17, 15) is 0 Å². The van der Waals surface area contributed by atoms with Crippen LogP contribution in [-0.4, -0.2) is 38.1 Å². The Morgan fingerprint density at radius 3 is 2.37 bits per heavy atom. The van der Waals surface area contributed by atoms with Crippen molar-refractivity contribution in [2.75, 3.05) is 33.2 Å². The Morgan fingerprint density at radius 1 is 1.21 bits per heavy atom. The average Bonchev–Trinajstić information content (AvgIpc) is 3.06. The van der Waals surface area contributed by atoms with Crippen molar-refractivity contribution in [3.63, 3.8) is 0 Å². The highest BCUT2D eigenvalue weighted by molar-refractivity contribution is 4.91. The molecular weight excluding hydrogens is 232 g/mol. The summed E-state index contributed by atoms with van der Waals surface area (Å²) in [6.45, 7) is 12.0. The highest BCUT2D eigenvalue weighted by Crippen LogP contribution is 2.41. The van der Waals surface area contributed by atoms with Crippen LogP contribution >= 0.6 is 0 Å². The Bertz CT molecular complexity index is 263. The summed E-state index contributed by atoms with van der Waals surface area (Å²) >= 11 is 0. The zero-order valence-electron chi connectivity index (χ0n) is 13.5. The van der Waals surface area contributed by atoms with Gasteiger partial charge in [0.2, 0.25) is 0 Å². The van der Waals surface area contributed by atoms with E-state index in [1.807, 2.05) is 0 Å². The molecule has 2 aliphatic carbocycles. The maximum absolute atomic E-state index is 3.63. The summed E-state index contributed by atoms with van der Waals surface area (Å²) in [6, 6.07) is 0. The molecule has 0 aromatic carbocycles. The van der Waals surface area contributed by atoms with Crippen LogP contribution in [0.25, 0.3) is 0 Å². The van der Waals surface area contributed by atoms with Crippen molar-refractivity contribution < 1.29 is 0 Å². The third-order valence-corrected chi connectivity index (χ3v) is 5.51. The Labute approximate surface area is 120 Å². The largest absolute Gasteiger partial charge is 0.316 e. The molecule has 0 radical (unpaired) electrons. The molecule has 19 heavy (non-hydrogen) atoms. The SMILES string of the molecule is CCNCC1(CN(C)CC2CC2C)CCC(C)CC1. The first-order chi connectivity index (χ1) is 9.04. The summed E-state index contributed by atoms with van der Waals surface area (Å²) in [7, 11) is 2.34. The fourth-order valence-electron chi connectivity index (χ4n) is 3.85. The zero-order chi connectivity index (χ0) is 13.9. The molecular formula is C17H34N2. The summed E-state index contributed by atoms with van der Waals surface area (Å²) in [5.74, 6) is 2.92. The van der Waals surface area contributed by atoms with E-state index in [-0.39, 0.29) is 0 Å². The van der Waals surface area contributed by atoms with Crippen molar-refractivity contribution in [1.82, 2.24) is 10.2 Å². The third kappa shape index (κ3) is 4.46. The van der Waals surface area contributed by atoms with E-state index in [0.29, 0.717) is 5.41 Å². The van der Waals surface area contributed by atoms with Gasteiger partial charge in [0.15, 0.2) is 0 Å². The van der Waals surface area contributed by atoms with E-state index in [1.165, 1.54) is 51.7 Å². The summed E-state index contributed by atoms with van der Waals surface area (Å²) in [6.07, 6.45) is 7.16. The van der Waals surface area contributed by atoms with Gasteiger partial charge in [0.25, 0.3) is 0 Å². The van der Waals surface area contributed by atoms with Crippen molar-refractivity contribution >= 4 is 0 Å². The molecule has 0 amide bonds. The van der Waals surface area contributed by atoms with E-state index in [2.05, 4.69) is 38.0 Å². The van der Waals surface area contributed by atoms with Gasteiger partial charge in [-0.05, 0) is 56.0 Å². The molecule has 2 aliphatic rings. The van der Waals surface area contributed by atoms with E-state index < -0.39 is 0 Å². The van der Waals surface area contributed by atoms with Crippen LogP contribution in [0.5, 0.6) is 0 Å². The molecule has 0 heterocycles. The zero-order valence-corrected chi connectivity index (χ0v) is 13.5. The lowest BCUT2D eigenvalue weighted by Crippen LogP contribution is -2.45. The summed E-state index contributed by atoms with van der Waals surface area (Å²) in [4.78, 5) is 2.63. The molecule has 2 unspecified atom stereocenters. The second-order valence-corrected chi connectivity index (χ2v) is 7.63. The van der Waals surface area contributed by atoms with Crippen molar-refractivity contribution in [2.24, 2.45) is 23.2 Å². The molecule has 0 aromatic heterocycles. The van der Waals surface area contributed by atoms with Crippen LogP contribution in [0.1, 0.15) is 52.9 Å². The second-order valence-electron chi connectivity index (χ2n) is 7.63. The fourth-order valence-corrected chi connectivity index (χ4v) is 3.85. The van der Waals surface area contributed by atoms with Gasteiger partial charge in [-0.2, -0.15) is 0 Å². The van der Waals surface area contributed by atoms with Crippen molar-refractivity contribution in [1.29, 1.82) is 0 Å². The Hall–Kier alpha value is -0.0800. The minimum Gasteiger partial charge on any atom is -0.316 e. The minimum absolute atomic E-state index is 0.551. The lowest BCUT2D eigenvalue weighted by molar-refractivity contribution is 0.0968. The van der Waals surface area contributed by atoms with Crippen molar-refractivity contribution in [3.8, 4) is 0 Å². The van der Waals surface area contributed by atoms with Crippen LogP contribution < -0.4 is 5.32 Å². The van der Waals surface area contributed by atoms with E-state index >= 15 is 0 Å². The molecule has 2 heteroatoms. The van der Waals surface area contributed by atoms with Gasteiger partial charge < -0.3 is 10.2 Å². The van der Waals surface area contributed by atoms with Gasteiger partial charge in [-0.15, -0.1) is 0 Å². The molecule has 2 rings (SSSR count). The predicted molar refractivity (Wildman–Crippen MR) is 83.4 cm³/mol. The van der Waals surface area contributed by atoms with Crippen molar-refractivity contribution in [3.05, 3.63) is 0 Å². The minimum atomic E-state index is 0.551. The molecule has 1 N–H and O–H groups in total. The molecule has 2 atom stereocenters. The van der Waals surface area contributed by atoms with Crippen LogP contribution in [0.4, 0.5) is 0 Å². The van der Waals surface area contributed by atoms with E-state index in [0.717, 1.165) is 24.3 Å². The Morgan fingerprint density at radius 2 is 1.84 bits per heavy atom. The van der Waals surface area contributed by atoms with Gasteiger partial charge in [-0.3, -0.25) is 0 Å². The van der Waals surface area contributed by atoms with Crippen LogP contribution in [0, 0.1) is 23.2 Å². The van der Waals surface area contributed by atoms with Crippen LogP contribution in [0.3, 0.4) is 0 Å². The first-order valence-electron chi connectivity index (χ1n) is 8.44. The monoisotopic (exact) mass is 266 g/mol. The summed E-state index contributed by atoms with van der Waals surface area (Å²) in [5.41, 5.74) is 0.551. The summed E-state index contributed by atoms with van der Waals surface area (Å²) < 4.78 is 0. The molecule has 2 saturated carbocycles. The Kier molecular flexibility index (Phi) is 5.30. The molecule has 2 nitrogen and oxygen atoms in total. The number of nitrogens with zero attached hydrogens (tertiary/aromatic N) is 1. The average molecular weight is 266 g/mol. The number of rotatable bonds is 7. The molecule has 0 saturated heterocycles. The molecule has 112 valence electrons. The van der Waals surface area contributed by atoms with Gasteiger partial charge in [-0.25, -0.2) is 0 Å². The van der Waals surface area contributed by atoms with Crippen LogP contribution in [0.2, 0.25) is 0 Å². The molecule has 0 aliphatic heterocycles. The molecule has 0 bridgehead atoms. The fraction of sp³-hybridized carbons (Fsp3) is 1.00. The van der Waals surface area contributed by atoms with Gasteiger partial charge in [0.05, 0.1) is 0 Å². The van der Waals surface area contributed by atoms with E-state index in [4.69, 9.17) is 0 Å². The van der Waals surface area contributed by atoms with Gasteiger partial charge >= 0.3 is 0 Å². The lowest BCUT2D eigenvalue weighted by atomic mass is 9.70. The maximum atomic E-state index is 3.63. The van der Waals surface area contributed by atoms with Crippen LogP contribution in [-0.2, 0) is 0 Å². The first kappa shape index (κ1) is 15.3. The normalized spacial score (nSPS) is 38.7. The topological polar surface area (TPSA) is 15.3 Å². The predicted octanol–water partition coefficient (Wildman–Crippen LogP) is 3.38. The molecule has 2 fully saturated rings. The first-order valence-corrected chi connectivity index (χ1v) is 8.44. The maximum Gasteiger partial charge on any atom is 0.00472 e. The Balaban J connectivity index is 1.85. The number of hydrogen-bond donors (Lipinski definition) is 1. The lowest BCUT2D eigenvalue weighted by Gasteiger charge is -2.42. The number of hydrogen-bond acceptors (Lipinski definition) is 2. The number of nitrogens with one attached hydrogen (secondary N) is 1. The quantitative estimate of drug-likeness (QED) is 0.760. The highest BCUT2D eigenvalue weighted by Gasteiger charge is 2.37. The van der Waals surface area contributed by atoms with Gasteiger partial charge in [-0.1, -0.05) is 33.6 Å². The third-order valence-electron chi connectivity index (χ3n) is 5.51. The standard InChI is InChI=1S/C17H34N2/c1-5-18-12-17(8-6-14(2)7-9-17)13-19(4)11-16-10-15(16)3/h14-16,18H,5-13H2,1-4H3. The second kappa shape index (κ2) is 6.58. The van der Waals surface area contributed by atoms with Gasteiger partial charge in [0, 0.05) is 19.6 Å². The molecule has 0 aromatic rings. The van der Waals surface area contributed by atoms with Crippen LogP contribution in [0.15, 0.2) is 0 Å². The highest BCUT2D eigenvalue weighted by atomic mass is 15.1. The summed E-state index contributed by atoms with van der Waals surface area (Å²) in [5, 5.41) is 3.63.